The summed E-state index contributed by atoms with van der Waals surface area (Å²) in [5.74, 6) is 0.550. The first-order valence-corrected chi connectivity index (χ1v) is 9.05. The van der Waals surface area contributed by atoms with Crippen molar-refractivity contribution in [2.75, 3.05) is 40.2 Å². The largest absolute Gasteiger partial charge is 0.497 e. The summed E-state index contributed by atoms with van der Waals surface area (Å²) in [6.07, 6.45) is 1.23. The quantitative estimate of drug-likeness (QED) is 0.672. The van der Waals surface area contributed by atoms with Gasteiger partial charge in [0.2, 0.25) is 15.9 Å². The summed E-state index contributed by atoms with van der Waals surface area (Å²) in [6.45, 7) is 1.05. The van der Waals surface area contributed by atoms with E-state index in [1.54, 1.807) is 7.11 Å². The summed E-state index contributed by atoms with van der Waals surface area (Å²) in [7, 11) is -0.255. The Balaban J connectivity index is 2.42. The van der Waals surface area contributed by atoms with Gasteiger partial charge in [-0.25, -0.2) is 8.42 Å². The molecule has 130 valence electrons. The molecule has 8 heteroatoms. The predicted molar refractivity (Wildman–Crippen MR) is 87.8 cm³/mol. The number of hydrogen-bond acceptors (Lipinski definition) is 5. The van der Waals surface area contributed by atoms with Gasteiger partial charge >= 0.3 is 0 Å². The Labute approximate surface area is 137 Å². The van der Waals surface area contributed by atoms with Crippen LogP contribution in [0, 0.1) is 0 Å². The fourth-order valence-corrected chi connectivity index (χ4v) is 2.72. The van der Waals surface area contributed by atoms with Crippen molar-refractivity contribution in [3.63, 3.8) is 0 Å². The number of ether oxygens (including phenoxy) is 2. The zero-order chi connectivity index (χ0) is 17.3. The molecule has 0 aliphatic carbocycles. The van der Waals surface area contributed by atoms with Gasteiger partial charge < -0.3 is 14.8 Å². The fourth-order valence-electron chi connectivity index (χ4n) is 1.90. The molecule has 0 aliphatic heterocycles. The SMILES string of the molecule is COCCN(CCC(=O)NCc1ccc(OC)cc1)S(C)(=O)=O. The van der Waals surface area contributed by atoms with Crippen LogP contribution in [0.3, 0.4) is 0 Å². The van der Waals surface area contributed by atoms with Crippen molar-refractivity contribution in [1.82, 2.24) is 9.62 Å². The molecule has 0 fully saturated rings. The summed E-state index contributed by atoms with van der Waals surface area (Å²) >= 11 is 0. The second-order valence-electron chi connectivity index (χ2n) is 5.03. The normalized spacial score (nSPS) is 11.5. The minimum Gasteiger partial charge on any atom is -0.497 e. The molecular formula is C15H24N2O5S. The van der Waals surface area contributed by atoms with Crippen molar-refractivity contribution in [2.45, 2.75) is 13.0 Å². The smallest absolute Gasteiger partial charge is 0.221 e. The molecule has 0 radical (unpaired) electrons. The Hall–Kier alpha value is -1.64. The maximum absolute atomic E-state index is 11.9. The number of nitrogens with zero attached hydrogens (tertiary/aromatic N) is 1. The lowest BCUT2D eigenvalue weighted by Gasteiger charge is -2.19. The Bertz CT molecular complexity index is 586. The molecule has 0 aromatic heterocycles. The molecule has 0 bridgehead atoms. The standard InChI is InChI=1S/C15H24N2O5S/c1-21-11-10-17(23(3,19)20)9-8-15(18)16-12-13-4-6-14(22-2)7-5-13/h4-7H,8-12H2,1-3H3,(H,16,18). The van der Waals surface area contributed by atoms with Crippen molar-refractivity contribution in [3.05, 3.63) is 29.8 Å². The van der Waals surface area contributed by atoms with Crippen LogP contribution in [0.25, 0.3) is 0 Å². The van der Waals surface area contributed by atoms with E-state index in [4.69, 9.17) is 9.47 Å². The molecule has 0 saturated carbocycles. The van der Waals surface area contributed by atoms with Crippen LogP contribution in [0.4, 0.5) is 0 Å². The lowest BCUT2D eigenvalue weighted by atomic mass is 10.2. The average Bonchev–Trinajstić information content (AvgIpc) is 2.52. The number of carbonyl (C=O) groups excluding carboxylic acids is 1. The minimum atomic E-state index is -3.35. The van der Waals surface area contributed by atoms with Crippen molar-refractivity contribution in [2.24, 2.45) is 0 Å². The fraction of sp³-hybridized carbons (Fsp3) is 0.533. The predicted octanol–water partition coefficient (Wildman–Crippen LogP) is 0.610. The summed E-state index contributed by atoms with van der Waals surface area (Å²) in [4.78, 5) is 11.9. The van der Waals surface area contributed by atoms with Gasteiger partial charge in [0.25, 0.3) is 0 Å². The molecule has 0 spiro atoms. The first-order chi connectivity index (χ1) is 10.9. The number of nitrogens with one attached hydrogen (secondary N) is 1. The highest BCUT2D eigenvalue weighted by atomic mass is 32.2. The first-order valence-electron chi connectivity index (χ1n) is 7.20. The van der Waals surface area contributed by atoms with Gasteiger partial charge in [-0.3, -0.25) is 4.79 Å². The van der Waals surface area contributed by atoms with Gasteiger partial charge in [-0.05, 0) is 17.7 Å². The molecule has 1 amide bonds. The number of methoxy groups -OCH3 is 2. The van der Waals surface area contributed by atoms with Gasteiger partial charge in [0, 0.05) is 33.2 Å². The molecule has 1 N–H and O–H groups in total. The summed E-state index contributed by atoms with van der Waals surface area (Å²) < 4.78 is 34.4. The molecule has 0 heterocycles. The van der Waals surface area contributed by atoms with E-state index in [1.807, 2.05) is 24.3 Å². The summed E-state index contributed by atoms with van der Waals surface area (Å²) in [5, 5.41) is 2.77. The number of amides is 1. The minimum absolute atomic E-state index is 0.104. The monoisotopic (exact) mass is 344 g/mol. The molecule has 1 rings (SSSR count). The van der Waals surface area contributed by atoms with Gasteiger partial charge in [0.05, 0.1) is 20.0 Å². The van der Waals surface area contributed by atoms with Crippen LogP contribution < -0.4 is 10.1 Å². The van der Waals surface area contributed by atoms with Crippen LogP contribution in [0.2, 0.25) is 0 Å². The summed E-state index contributed by atoms with van der Waals surface area (Å²) in [6, 6.07) is 7.36. The third-order valence-electron chi connectivity index (χ3n) is 3.25. The lowest BCUT2D eigenvalue weighted by molar-refractivity contribution is -0.121. The van der Waals surface area contributed by atoms with Gasteiger partial charge in [-0.2, -0.15) is 4.31 Å². The number of hydrogen-bond donors (Lipinski definition) is 1. The second kappa shape index (κ2) is 9.49. The van der Waals surface area contributed by atoms with Crippen LogP contribution in [0.1, 0.15) is 12.0 Å². The number of carbonyl (C=O) groups is 1. The Kier molecular flexibility index (Phi) is 8.01. The van der Waals surface area contributed by atoms with Gasteiger partial charge in [-0.1, -0.05) is 12.1 Å². The van der Waals surface area contributed by atoms with E-state index < -0.39 is 10.0 Å². The number of benzene rings is 1. The van der Waals surface area contributed by atoms with Gasteiger partial charge in [0.1, 0.15) is 5.75 Å². The van der Waals surface area contributed by atoms with Crippen molar-refractivity contribution in [1.29, 1.82) is 0 Å². The molecule has 0 aliphatic rings. The molecule has 0 atom stereocenters. The van der Waals surface area contributed by atoms with Crippen LogP contribution in [-0.4, -0.2) is 58.8 Å². The van der Waals surface area contributed by atoms with Crippen LogP contribution in [0.5, 0.6) is 5.75 Å². The van der Waals surface area contributed by atoms with E-state index in [0.29, 0.717) is 13.2 Å². The molecule has 0 unspecified atom stereocenters. The van der Waals surface area contributed by atoms with Crippen molar-refractivity contribution < 1.29 is 22.7 Å². The van der Waals surface area contributed by atoms with E-state index in [2.05, 4.69) is 5.32 Å². The van der Waals surface area contributed by atoms with E-state index in [0.717, 1.165) is 17.6 Å². The van der Waals surface area contributed by atoms with Crippen LogP contribution >= 0.6 is 0 Å². The highest BCUT2D eigenvalue weighted by Crippen LogP contribution is 2.11. The summed E-state index contributed by atoms with van der Waals surface area (Å²) in [5.41, 5.74) is 0.943. The van der Waals surface area contributed by atoms with E-state index in [9.17, 15) is 13.2 Å². The molecule has 23 heavy (non-hydrogen) atoms. The number of rotatable bonds is 10. The van der Waals surface area contributed by atoms with Crippen LogP contribution in [-0.2, 0) is 26.1 Å². The van der Waals surface area contributed by atoms with E-state index in [-0.39, 0.29) is 25.4 Å². The lowest BCUT2D eigenvalue weighted by Crippen LogP contribution is -2.36. The zero-order valence-corrected chi connectivity index (χ0v) is 14.6. The highest BCUT2D eigenvalue weighted by molar-refractivity contribution is 7.88. The molecule has 1 aromatic carbocycles. The second-order valence-corrected chi connectivity index (χ2v) is 7.01. The third kappa shape index (κ3) is 7.45. The van der Waals surface area contributed by atoms with E-state index >= 15 is 0 Å². The van der Waals surface area contributed by atoms with Crippen molar-refractivity contribution in [3.8, 4) is 5.75 Å². The Morgan fingerprint density at radius 3 is 2.35 bits per heavy atom. The number of sulfonamides is 1. The molecule has 0 saturated heterocycles. The Morgan fingerprint density at radius 1 is 1.17 bits per heavy atom. The topological polar surface area (TPSA) is 84.9 Å². The first kappa shape index (κ1) is 19.4. The molecule has 7 nitrogen and oxygen atoms in total. The Morgan fingerprint density at radius 2 is 1.83 bits per heavy atom. The molecule has 1 aromatic rings. The maximum Gasteiger partial charge on any atom is 0.221 e. The highest BCUT2D eigenvalue weighted by Gasteiger charge is 2.17. The van der Waals surface area contributed by atoms with Crippen molar-refractivity contribution >= 4 is 15.9 Å². The van der Waals surface area contributed by atoms with Gasteiger partial charge in [0.15, 0.2) is 0 Å². The average molecular weight is 344 g/mol. The zero-order valence-electron chi connectivity index (χ0n) is 13.7. The molecular weight excluding hydrogens is 320 g/mol. The maximum atomic E-state index is 11.9. The van der Waals surface area contributed by atoms with Crippen LogP contribution in [0.15, 0.2) is 24.3 Å². The van der Waals surface area contributed by atoms with E-state index in [1.165, 1.54) is 11.4 Å². The van der Waals surface area contributed by atoms with Gasteiger partial charge in [-0.15, -0.1) is 0 Å². The third-order valence-corrected chi connectivity index (χ3v) is 4.55.